The highest BCUT2D eigenvalue weighted by Crippen LogP contribution is 2.24. The fourth-order valence-corrected chi connectivity index (χ4v) is 4.33. The van der Waals surface area contributed by atoms with Crippen molar-refractivity contribution in [2.45, 2.75) is 18.4 Å². The molecule has 5 nitrogen and oxygen atoms in total. The average Bonchev–Trinajstić information content (AvgIpc) is 2.22. The molecule has 1 rings (SSSR count). The molecule has 0 radical (unpaired) electrons. The Bertz CT molecular complexity index is 411. The molecule has 1 atom stereocenters. The van der Waals surface area contributed by atoms with Crippen molar-refractivity contribution in [1.82, 2.24) is 0 Å². The van der Waals surface area contributed by atoms with Gasteiger partial charge in [0.2, 0.25) is 0 Å². The molecular weight excluding hydrogens is 226 g/mol. The fourth-order valence-electron chi connectivity index (χ4n) is 1.53. The zero-order chi connectivity index (χ0) is 11.0. The van der Waals surface area contributed by atoms with Crippen LogP contribution in [0.2, 0.25) is 0 Å². The minimum absolute atomic E-state index is 0.0426. The maximum absolute atomic E-state index is 11.1. The second-order valence-electron chi connectivity index (χ2n) is 4.08. The SMILES string of the molecule is CS(=O)(=O)CCC1(N)CCS(=O)(=O)C1. The van der Waals surface area contributed by atoms with Gasteiger partial charge in [0.1, 0.15) is 9.84 Å². The quantitative estimate of drug-likeness (QED) is 0.679. The highest BCUT2D eigenvalue weighted by Gasteiger charge is 2.39. The third-order valence-corrected chi connectivity index (χ3v) is 5.18. The summed E-state index contributed by atoms with van der Waals surface area (Å²) < 4.78 is 44.1. The Morgan fingerprint density at radius 3 is 2.36 bits per heavy atom. The molecule has 84 valence electrons. The van der Waals surface area contributed by atoms with E-state index in [1.807, 2.05) is 0 Å². The molecule has 7 heteroatoms. The molecule has 0 aliphatic carbocycles. The topological polar surface area (TPSA) is 94.3 Å². The van der Waals surface area contributed by atoms with Gasteiger partial charge in [-0.1, -0.05) is 0 Å². The molecule has 0 aromatic heterocycles. The second-order valence-corrected chi connectivity index (χ2v) is 8.53. The number of hydrogen-bond donors (Lipinski definition) is 1. The molecule has 1 fully saturated rings. The van der Waals surface area contributed by atoms with Gasteiger partial charge < -0.3 is 5.73 Å². The van der Waals surface area contributed by atoms with Crippen LogP contribution in [0.3, 0.4) is 0 Å². The Morgan fingerprint density at radius 2 is 2.00 bits per heavy atom. The molecule has 0 bridgehead atoms. The largest absolute Gasteiger partial charge is 0.324 e. The minimum Gasteiger partial charge on any atom is -0.324 e. The Kier molecular flexibility index (Phi) is 2.95. The van der Waals surface area contributed by atoms with Crippen LogP contribution in [0.4, 0.5) is 0 Å². The summed E-state index contributed by atoms with van der Waals surface area (Å²) in [6.07, 6.45) is 1.72. The second kappa shape index (κ2) is 3.46. The first-order valence-corrected chi connectivity index (χ1v) is 8.17. The van der Waals surface area contributed by atoms with Crippen molar-refractivity contribution < 1.29 is 16.8 Å². The molecule has 14 heavy (non-hydrogen) atoms. The van der Waals surface area contributed by atoms with Crippen molar-refractivity contribution in [3.05, 3.63) is 0 Å². The molecule has 0 saturated carbocycles. The third-order valence-electron chi connectivity index (χ3n) is 2.39. The van der Waals surface area contributed by atoms with Gasteiger partial charge >= 0.3 is 0 Å². The van der Waals surface area contributed by atoms with E-state index in [1.165, 1.54) is 0 Å². The number of nitrogens with two attached hydrogens (primary N) is 1. The summed E-state index contributed by atoms with van der Waals surface area (Å²) in [7, 11) is -6.10. The predicted molar refractivity (Wildman–Crippen MR) is 54.5 cm³/mol. The Balaban J connectivity index is 2.63. The van der Waals surface area contributed by atoms with Gasteiger partial charge in [-0.15, -0.1) is 0 Å². The summed E-state index contributed by atoms with van der Waals surface area (Å²) in [5.41, 5.74) is 4.97. The standard InChI is InChI=1S/C7H15NO4S2/c1-13(9,10)4-2-7(8)3-5-14(11,12)6-7/h2-6,8H2,1H3. The van der Waals surface area contributed by atoms with Gasteiger partial charge in [0.15, 0.2) is 9.84 Å². The Morgan fingerprint density at radius 1 is 1.43 bits per heavy atom. The molecular formula is C7H15NO4S2. The number of sulfone groups is 2. The van der Waals surface area contributed by atoms with Crippen LogP contribution in [0.1, 0.15) is 12.8 Å². The van der Waals surface area contributed by atoms with E-state index in [0.29, 0.717) is 6.42 Å². The van der Waals surface area contributed by atoms with Crippen LogP contribution in [0, 0.1) is 0 Å². The van der Waals surface area contributed by atoms with Crippen LogP contribution in [-0.2, 0) is 19.7 Å². The van der Waals surface area contributed by atoms with E-state index in [9.17, 15) is 16.8 Å². The Hall–Kier alpha value is -0.140. The van der Waals surface area contributed by atoms with E-state index in [1.54, 1.807) is 0 Å². The van der Waals surface area contributed by atoms with Gasteiger partial charge in [0, 0.05) is 11.8 Å². The van der Waals surface area contributed by atoms with Crippen LogP contribution in [0.15, 0.2) is 0 Å². The molecule has 0 aromatic carbocycles. The van der Waals surface area contributed by atoms with Crippen molar-refractivity contribution in [2.24, 2.45) is 5.73 Å². The fraction of sp³-hybridized carbons (Fsp3) is 1.00. The monoisotopic (exact) mass is 241 g/mol. The predicted octanol–water partition coefficient (Wildman–Crippen LogP) is -1.06. The van der Waals surface area contributed by atoms with Crippen LogP contribution in [0.5, 0.6) is 0 Å². The van der Waals surface area contributed by atoms with Crippen LogP contribution in [0.25, 0.3) is 0 Å². The third kappa shape index (κ3) is 3.55. The number of hydrogen-bond acceptors (Lipinski definition) is 5. The highest BCUT2D eigenvalue weighted by molar-refractivity contribution is 7.91. The lowest BCUT2D eigenvalue weighted by Gasteiger charge is -2.20. The zero-order valence-electron chi connectivity index (χ0n) is 8.06. The summed E-state index contributed by atoms with van der Waals surface area (Å²) in [4.78, 5) is 0. The van der Waals surface area contributed by atoms with Crippen LogP contribution in [-0.4, -0.2) is 45.9 Å². The summed E-state index contributed by atoms with van der Waals surface area (Å²) in [6, 6.07) is 0. The van der Waals surface area contributed by atoms with Gasteiger partial charge in [0.05, 0.1) is 17.3 Å². The van der Waals surface area contributed by atoms with Crippen molar-refractivity contribution in [1.29, 1.82) is 0 Å². The van der Waals surface area contributed by atoms with Crippen LogP contribution < -0.4 is 5.73 Å². The molecule has 2 N–H and O–H groups in total. The summed E-state index contributed by atoms with van der Waals surface area (Å²) in [5, 5.41) is 0. The molecule has 0 aromatic rings. The van der Waals surface area contributed by atoms with E-state index in [0.717, 1.165) is 6.26 Å². The lowest BCUT2D eigenvalue weighted by molar-refractivity contribution is 0.461. The normalized spacial score (nSPS) is 31.9. The summed E-state index contributed by atoms with van der Waals surface area (Å²) in [5.74, 6) is -0.0538. The molecule has 0 amide bonds. The molecule has 0 spiro atoms. The smallest absolute Gasteiger partial charge is 0.152 e. The number of rotatable bonds is 3. The Labute approximate surface area is 84.5 Å². The van der Waals surface area contributed by atoms with E-state index < -0.39 is 25.2 Å². The molecule has 1 heterocycles. The summed E-state index contributed by atoms with van der Waals surface area (Å²) in [6.45, 7) is 0. The first-order valence-electron chi connectivity index (χ1n) is 4.29. The van der Waals surface area contributed by atoms with Crippen molar-refractivity contribution in [3.63, 3.8) is 0 Å². The lowest BCUT2D eigenvalue weighted by Crippen LogP contribution is -2.42. The van der Waals surface area contributed by atoms with E-state index in [-0.39, 0.29) is 23.7 Å². The van der Waals surface area contributed by atoms with E-state index in [4.69, 9.17) is 5.73 Å². The maximum atomic E-state index is 11.1. The van der Waals surface area contributed by atoms with Crippen molar-refractivity contribution >= 4 is 19.7 Å². The molecule has 1 saturated heterocycles. The average molecular weight is 241 g/mol. The molecule has 1 unspecified atom stereocenters. The van der Waals surface area contributed by atoms with Gasteiger partial charge in [-0.2, -0.15) is 0 Å². The van der Waals surface area contributed by atoms with Gasteiger partial charge in [-0.05, 0) is 12.8 Å². The van der Waals surface area contributed by atoms with Crippen molar-refractivity contribution in [2.75, 3.05) is 23.5 Å². The van der Waals surface area contributed by atoms with E-state index >= 15 is 0 Å². The van der Waals surface area contributed by atoms with Crippen LogP contribution >= 0.6 is 0 Å². The molecule has 1 aliphatic rings. The first kappa shape index (κ1) is 11.9. The highest BCUT2D eigenvalue weighted by atomic mass is 32.2. The zero-order valence-corrected chi connectivity index (χ0v) is 9.70. The summed E-state index contributed by atoms with van der Waals surface area (Å²) >= 11 is 0. The van der Waals surface area contributed by atoms with Crippen molar-refractivity contribution in [3.8, 4) is 0 Å². The van der Waals surface area contributed by atoms with E-state index in [2.05, 4.69) is 0 Å². The maximum Gasteiger partial charge on any atom is 0.152 e. The van der Waals surface area contributed by atoms with Gasteiger partial charge in [0.25, 0.3) is 0 Å². The minimum atomic E-state index is -3.06. The lowest BCUT2D eigenvalue weighted by atomic mass is 9.97. The first-order chi connectivity index (χ1) is 6.12. The van der Waals surface area contributed by atoms with Gasteiger partial charge in [-0.3, -0.25) is 0 Å². The molecule has 1 aliphatic heterocycles. The van der Waals surface area contributed by atoms with Gasteiger partial charge in [-0.25, -0.2) is 16.8 Å².